The lowest BCUT2D eigenvalue weighted by Crippen LogP contribution is -2.58. The number of aromatic nitrogens is 2. The molecule has 13 heteroatoms. The van der Waals surface area contributed by atoms with E-state index in [1.54, 1.807) is 36.9 Å². The van der Waals surface area contributed by atoms with Gasteiger partial charge in [0.25, 0.3) is 23.3 Å². The molecule has 2 N–H and O–H groups in total. The second kappa shape index (κ2) is 13.1. The van der Waals surface area contributed by atoms with Gasteiger partial charge in [-0.25, -0.2) is 8.78 Å². The number of benzene rings is 1. The van der Waals surface area contributed by atoms with Gasteiger partial charge >= 0.3 is 0 Å². The van der Waals surface area contributed by atoms with Gasteiger partial charge in [-0.15, -0.1) is 0 Å². The normalized spacial score (nSPS) is 16.0. The number of nitrogens with one attached hydrogen (secondary N) is 2. The molecule has 1 saturated heterocycles. The van der Waals surface area contributed by atoms with Gasteiger partial charge in [0.2, 0.25) is 5.88 Å². The number of carbonyl (C=O) groups is 2. The third-order valence-corrected chi connectivity index (χ3v) is 7.61. The van der Waals surface area contributed by atoms with Crippen molar-refractivity contribution < 1.29 is 27.8 Å². The van der Waals surface area contributed by atoms with Crippen LogP contribution in [-0.4, -0.2) is 71.6 Å². The standard InChI is InChI=1S/C32H34F2N6O5/c1-4-45-28-12-22(24-8-5-20(13-35)9-25(24)30(42)39-17-32(33,34)18-39)11-27(37-28)38-29(41)26-10-21(15-36-14-19(2)44-3)16-40(31(26)43)23-6-7-23/h5,8-12,16,19,23,36H,4,6-7,14-15,17-18H2,1-3H3,(H,37,38,41)/t19-/m0/s1. The van der Waals surface area contributed by atoms with Gasteiger partial charge in [-0.3, -0.25) is 14.4 Å². The number of carbonyl (C=O) groups excluding carboxylic acids is 2. The topological polar surface area (TPSA) is 139 Å². The van der Waals surface area contributed by atoms with Crippen molar-refractivity contribution in [3.05, 3.63) is 75.2 Å². The molecule has 2 fully saturated rings. The van der Waals surface area contributed by atoms with Gasteiger partial charge in [-0.2, -0.15) is 10.2 Å². The van der Waals surface area contributed by atoms with Crippen LogP contribution in [0.25, 0.3) is 11.1 Å². The van der Waals surface area contributed by atoms with Crippen LogP contribution in [0.1, 0.15) is 64.6 Å². The predicted octanol–water partition coefficient (Wildman–Crippen LogP) is 3.98. The van der Waals surface area contributed by atoms with Crippen LogP contribution in [0.2, 0.25) is 0 Å². The first-order chi connectivity index (χ1) is 21.5. The van der Waals surface area contributed by atoms with E-state index in [2.05, 4.69) is 15.6 Å². The lowest BCUT2D eigenvalue weighted by atomic mass is 9.96. The highest BCUT2D eigenvalue weighted by Gasteiger charge is 2.46. The van der Waals surface area contributed by atoms with Gasteiger partial charge in [0.05, 0.1) is 37.4 Å². The molecule has 5 rings (SSSR count). The largest absolute Gasteiger partial charge is 0.478 e. The van der Waals surface area contributed by atoms with E-state index in [0.717, 1.165) is 23.3 Å². The predicted molar refractivity (Wildman–Crippen MR) is 162 cm³/mol. The molecule has 1 saturated carbocycles. The Hall–Kier alpha value is -4.67. The second-order valence-corrected chi connectivity index (χ2v) is 11.2. The number of likely N-dealkylation sites (tertiary alicyclic amines) is 1. The Morgan fingerprint density at radius 3 is 2.58 bits per heavy atom. The molecule has 0 unspecified atom stereocenters. The van der Waals surface area contributed by atoms with Crippen molar-refractivity contribution in [2.75, 3.05) is 38.7 Å². The second-order valence-electron chi connectivity index (χ2n) is 11.2. The number of halogens is 2. The van der Waals surface area contributed by atoms with Crippen LogP contribution < -0.4 is 20.9 Å². The number of alkyl halides is 2. The molecular formula is C32H34F2N6O5. The highest BCUT2D eigenvalue weighted by atomic mass is 19.3. The van der Waals surface area contributed by atoms with Gasteiger partial charge in [-0.1, -0.05) is 6.07 Å². The van der Waals surface area contributed by atoms with Crippen molar-refractivity contribution in [3.8, 4) is 23.1 Å². The summed E-state index contributed by atoms with van der Waals surface area (Å²) < 4.78 is 39.6. The van der Waals surface area contributed by atoms with Gasteiger partial charge in [-0.05, 0) is 67.6 Å². The molecule has 11 nitrogen and oxygen atoms in total. The molecule has 3 heterocycles. The number of anilines is 1. The number of rotatable bonds is 12. The summed E-state index contributed by atoms with van der Waals surface area (Å²) in [7, 11) is 1.62. The van der Waals surface area contributed by atoms with Gasteiger partial charge in [0, 0.05) is 44.1 Å². The van der Waals surface area contributed by atoms with E-state index in [0.29, 0.717) is 24.2 Å². The van der Waals surface area contributed by atoms with Crippen molar-refractivity contribution in [1.29, 1.82) is 5.26 Å². The SMILES string of the molecule is CCOc1cc(-c2ccc(C#N)cc2C(=O)N2CC(F)(F)C2)cc(NC(=O)c2cc(CNC[C@H](C)OC)cn(C3CC3)c2=O)n1. The Morgan fingerprint density at radius 2 is 1.93 bits per heavy atom. The number of pyridine rings is 2. The Morgan fingerprint density at radius 1 is 1.18 bits per heavy atom. The van der Waals surface area contributed by atoms with Crippen molar-refractivity contribution in [2.45, 2.75) is 51.3 Å². The molecule has 0 radical (unpaired) electrons. The first-order valence-corrected chi connectivity index (χ1v) is 14.7. The summed E-state index contributed by atoms with van der Waals surface area (Å²) in [4.78, 5) is 45.5. The lowest BCUT2D eigenvalue weighted by molar-refractivity contribution is -0.113. The van der Waals surface area contributed by atoms with Crippen molar-refractivity contribution in [2.24, 2.45) is 0 Å². The van der Waals surface area contributed by atoms with E-state index in [9.17, 15) is 28.4 Å². The van der Waals surface area contributed by atoms with Gasteiger partial charge < -0.3 is 29.6 Å². The maximum absolute atomic E-state index is 13.6. The molecule has 45 heavy (non-hydrogen) atoms. The highest BCUT2D eigenvalue weighted by Crippen LogP contribution is 2.35. The number of nitriles is 1. The van der Waals surface area contributed by atoms with E-state index in [4.69, 9.17) is 9.47 Å². The Bertz CT molecular complexity index is 1710. The molecule has 1 aliphatic carbocycles. The zero-order valence-corrected chi connectivity index (χ0v) is 25.2. The van der Waals surface area contributed by atoms with E-state index in [1.807, 2.05) is 13.0 Å². The molecule has 0 spiro atoms. The maximum Gasteiger partial charge on any atom is 0.282 e. The maximum atomic E-state index is 13.6. The quantitative estimate of drug-likeness (QED) is 0.310. The highest BCUT2D eigenvalue weighted by molar-refractivity contribution is 6.05. The lowest BCUT2D eigenvalue weighted by Gasteiger charge is -2.39. The van der Waals surface area contributed by atoms with Crippen LogP contribution in [0.15, 0.2) is 47.4 Å². The molecule has 236 valence electrons. The smallest absolute Gasteiger partial charge is 0.282 e. The molecule has 2 amide bonds. The minimum Gasteiger partial charge on any atom is -0.478 e. The van der Waals surface area contributed by atoms with Crippen LogP contribution in [0.4, 0.5) is 14.6 Å². The number of nitrogens with zero attached hydrogens (tertiary/aromatic N) is 4. The third-order valence-electron chi connectivity index (χ3n) is 7.61. The van der Waals surface area contributed by atoms with Crippen LogP contribution >= 0.6 is 0 Å². The number of hydrogen-bond acceptors (Lipinski definition) is 8. The Balaban J connectivity index is 1.47. The van der Waals surface area contributed by atoms with Crippen molar-refractivity contribution in [3.63, 3.8) is 0 Å². The number of amides is 2. The molecule has 1 atom stereocenters. The molecule has 2 aromatic heterocycles. The fraction of sp³-hybridized carbons (Fsp3) is 0.406. The van der Waals surface area contributed by atoms with Crippen LogP contribution in [0, 0.1) is 11.3 Å². The summed E-state index contributed by atoms with van der Waals surface area (Å²) in [6, 6.07) is 11.0. The van der Waals surface area contributed by atoms with Crippen molar-refractivity contribution >= 4 is 17.6 Å². The van der Waals surface area contributed by atoms with Gasteiger partial charge in [0.1, 0.15) is 11.4 Å². The van der Waals surface area contributed by atoms with Crippen LogP contribution in [0.3, 0.4) is 0 Å². The zero-order valence-electron chi connectivity index (χ0n) is 25.2. The minimum absolute atomic E-state index is 0.0150. The van der Waals surface area contributed by atoms with E-state index in [-0.39, 0.29) is 47.1 Å². The first kappa shape index (κ1) is 31.7. The van der Waals surface area contributed by atoms with Crippen LogP contribution in [0.5, 0.6) is 5.88 Å². The molecule has 3 aromatic rings. The van der Waals surface area contributed by atoms with E-state index >= 15 is 0 Å². The summed E-state index contributed by atoms with van der Waals surface area (Å²) >= 11 is 0. The number of hydrogen-bond donors (Lipinski definition) is 2. The van der Waals surface area contributed by atoms with Crippen molar-refractivity contribution in [1.82, 2.24) is 19.8 Å². The van der Waals surface area contributed by atoms with Crippen LogP contribution in [-0.2, 0) is 11.3 Å². The van der Waals surface area contributed by atoms with E-state index < -0.39 is 36.4 Å². The van der Waals surface area contributed by atoms with E-state index in [1.165, 1.54) is 24.3 Å². The first-order valence-electron chi connectivity index (χ1n) is 14.7. The fourth-order valence-electron chi connectivity index (χ4n) is 5.05. The molecule has 2 aliphatic rings. The average molecular weight is 621 g/mol. The number of ether oxygens (including phenoxy) is 2. The number of methoxy groups -OCH3 is 1. The summed E-state index contributed by atoms with van der Waals surface area (Å²) in [6.07, 6.45) is 3.45. The third kappa shape index (κ3) is 7.35. The minimum atomic E-state index is -2.97. The Kier molecular flexibility index (Phi) is 9.27. The average Bonchev–Trinajstić information content (AvgIpc) is 3.85. The molecule has 0 bridgehead atoms. The summed E-state index contributed by atoms with van der Waals surface area (Å²) in [6.45, 7) is 3.48. The molecular weight excluding hydrogens is 586 g/mol. The van der Waals surface area contributed by atoms with Gasteiger partial charge in [0.15, 0.2) is 0 Å². The molecule has 1 aliphatic heterocycles. The summed E-state index contributed by atoms with van der Waals surface area (Å²) in [5.41, 5.74) is 1.23. The molecule has 1 aromatic carbocycles. The summed E-state index contributed by atoms with van der Waals surface area (Å²) in [5, 5.41) is 15.4. The fourth-order valence-corrected chi connectivity index (χ4v) is 5.05. The Labute approximate surface area is 258 Å². The zero-order chi connectivity index (χ0) is 32.3. The summed E-state index contributed by atoms with van der Waals surface area (Å²) in [5.74, 6) is -4.11. The monoisotopic (exact) mass is 620 g/mol.